The van der Waals surface area contributed by atoms with Crippen LogP contribution in [0.2, 0.25) is 0 Å². The van der Waals surface area contributed by atoms with Gasteiger partial charge in [0.1, 0.15) is 0 Å². The highest BCUT2D eigenvalue weighted by atomic mass is 16.3. The first-order chi connectivity index (χ1) is 7.77. The van der Waals surface area contributed by atoms with Crippen LogP contribution in [0.5, 0.6) is 0 Å². The number of aromatic nitrogens is 1. The summed E-state index contributed by atoms with van der Waals surface area (Å²) in [6.45, 7) is 4.23. The summed E-state index contributed by atoms with van der Waals surface area (Å²) >= 11 is 0. The summed E-state index contributed by atoms with van der Waals surface area (Å²) < 4.78 is 5.07. The molecule has 0 aliphatic heterocycles. The first-order valence-electron chi connectivity index (χ1n) is 5.46. The molecule has 0 spiro atoms. The van der Waals surface area contributed by atoms with E-state index in [4.69, 9.17) is 4.42 Å². The molecule has 2 heterocycles. The second-order valence-corrected chi connectivity index (χ2v) is 3.92. The van der Waals surface area contributed by atoms with Crippen molar-refractivity contribution in [3.63, 3.8) is 0 Å². The lowest BCUT2D eigenvalue weighted by atomic mass is 10.1. The number of nitrogens with one attached hydrogen (secondary N) is 1. The van der Waals surface area contributed by atoms with Gasteiger partial charge in [0.15, 0.2) is 0 Å². The zero-order valence-corrected chi connectivity index (χ0v) is 9.55. The molecular weight excluding hydrogens is 200 g/mol. The number of furan rings is 1. The van der Waals surface area contributed by atoms with Crippen LogP contribution in [-0.2, 0) is 0 Å². The summed E-state index contributed by atoms with van der Waals surface area (Å²) in [5.74, 6) is 0. The molecule has 2 aromatic rings. The summed E-state index contributed by atoms with van der Waals surface area (Å²) in [4.78, 5) is 4.33. The molecular formula is C13H16N2O. The van der Waals surface area contributed by atoms with E-state index < -0.39 is 0 Å². The van der Waals surface area contributed by atoms with Gasteiger partial charge in [-0.2, -0.15) is 0 Å². The lowest BCUT2D eigenvalue weighted by Gasteiger charge is -2.18. The molecule has 84 valence electrons. The monoisotopic (exact) mass is 216 g/mol. The van der Waals surface area contributed by atoms with E-state index >= 15 is 0 Å². The minimum absolute atomic E-state index is 0.228. The SMILES string of the molecule is CC(N[C@@H](C)c1ccccn1)c1ccoc1. The maximum absolute atomic E-state index is 5.07. The second-order valence-electron chi connectivity index (χ2n) is 3.92. The molecule has 0 saturated heterocycles. The van der Waals surface area contributed by atoms with Crippen LogP contribution in [0.15, 0.2) is 47.4 Å². The maximum Gasteiger partial charge on any atom is 0.0950 e. The van der Waals surface area contributed by atoms with Crippen molar-refractivity contribution in [2.45, 2.75) is 25.9 Å². The molecule has 0 fully saturated rings. The van der Waals surface area contributed by atoms with Gasteiger partial charge in [-0.1, -0.05) is 6.07 Å². The predicted octanol–water partition coefficient (Wildman–Crippen LogP) is 3.09. The van der Waals surface area contributed by atoms with Crippen molar-refractivity contribution in [2.75, 3.05) is 0 Å². The van der Waals surface area contributed by atoms with Crippen LogP contribution in [0.1, 0.15) is 37.2 Å². The van der Waals surface area contributed by atoms with E-state index in [1.54, 1.807) is 12.5 Å². The molecule has 2 rings (SSSR count). The first-order valence-corrected chi connectivity index (χ1v) is 5.46. The van der Waals surface area contributed by atoms with Crippen LogP contribution >= 0.6 is 0 Å². The van der Waals surface area contributed by atoms with Crippen molar-refractivity contribution in [1.29, 1.82) is 0 Å². The molecule has 2 aromatic heterocycles. The summed E-state index contributed by atoms with van der Waals surface area (Å²) in [5.41, 5.74) is 2.21. The molecule has 0 radical (unpaired) electrons. The average Bonchev–Trinajstić information content (AvgIpc) is 2.83. The molecule has 2 atom stereocenters. The number of hydrogen-bond acceptors (Lipinski definition) is 3. The van der Waals surface area contributed by atoms with E-state index in [1.165, 1.54) is 0 Å². The Morgan fingerprint density at radius 3 is 2.69 bits per heavy atom. The van der Waals surface area contributed by atoms with Crippen LogP contribution in [0, 0.1) is 0 Å². The fraction of sp³-hybridized carbons (Fsp3) is 0.308. The fourth-order valence-electron chi connectivity index (χ4n) is 1.71. The Morgan fingerprint density at radius 2 is 2.06 bits per heavy atom. The van der Waals surface area contributed by atoms with Gasteiger partial charge in [0.25, 0.3) is 0 Å². The molecule has 0 aromatic carbocycles. The Kier molecular flexibility index (Phi) is 3.37. The van der Waals surface area contributed by atoms with Crippen LogP contribution < -0.4 is 5.32 Å². The predicted molar refractivity (Wildman–Crippen MR) is 62.9 cm³/mol. The van der Waals surface area contributed by atoms with Crippen LogP contribution in [-0.4, -0.2) is 4.98 Å². The fourth-order valence-corrected chi connectivity index (χ4v) is 1.71. The Bertz CT molecular complexity index is 411. The summed E-state index contributed by atoms with van der Waals surface area (Å²) in [6, 6.07) is 8.42. The summed E-state index contributed by atoms with van der Waals surface area (Å²) in [5, 5.41) is 3.48. The Balaban J connectivity index is 2.00. The third-order valence-electron chi connectivity index (χ3n) is 2.67. The molecule has 0 saturated carbocycles. The molecule has 0 bridgehead atoms. The number of rotatable bonds is 4. The third-order valence-corrected chi connectivity index (χ3v) is 2.67. The van der Waals surface area contributed by atoms with E-state index in [0.29, 0.717) is 0 Å². The Labute approximate surface area is 95.5 Å². The van der Waals surface area contributed by atoms with Crippen molar-refractivity contribution < 1.29 is 4.42 Å². The largest absolute Gasteiger partial charge is 0.472 e. The van der Waals surface area contributed by atoms with Gasteiger partial charge in [-0.3, -0.25) is 4.98 Å². The van der Waals surface area contributed by atoms with Crippen LogP contribution in [0.4, 0.5) is 0 Å². The normalized spacial score (nSPS) is 14.6. The lowest BCUT2D eigenvalue weighted by molar-refractivity contribution is 0.479. The van der Waals surface area contributed by atoms with E-state index in [2.05, 4.69) is 24.1 Å². The number of nitrogens with zero attached hydrogens (tertiary/aromatic N) is 1. The maximum atomic E-state index is 5.07. The molecule has 1 N–H and O–H groups in total. The average molecular weight is 216 g/mol. The molecule has 0 aliphatic carbocycles. The molecule has 0 aliphatic rings. The standard InChI is InChI=1S/C13H16N2O/c1-10(12-6-8-16-9-12)15-11(2)13-5-3-4-7-14-13/h3-11,15H,1-2H3/t10?,11-/m0/s1. The van der Waals surface area contributed by atoms with Crippen molar-refractivity contribution in [1.82, 2.24) is 10.3 Å². The van der Waals surface area contributed by atoms with Gasteiger partial charge in [-0.05, 0) is 32.0 Å². The zero-order valence-electron chi connectivity index (χ0n) is 9.55. The Morgan fingerprint density at radius 1 is 1.19 bits per heavy atom. The Hall–Kier alpha value is -1.61. The van der Waals surface area contributed by atoms with Crippen molar-refractivity contribution in [3.05, 3.63) is 54.2 Å². The van der Waals surface area contributed by atoms with Crippen molar-refractivity contribution in [3.8, 4) is 0 Å². The second kappa shape index (κ2) is 4.94. The topological polar surface area (TPSA) is 38.1 Å². The van der Waals surface area contributed by atoms with Crippen LogP contribution in [0.3, 0.4) is 0 Å². The van der Waals surface area contributed by atoms with Crippen molar-refractivity contribution >= 4 is 0 Å². The van der Waals surface area contributed by atoms with Gasteiger partial charge < -0.3 is 9.73 Å². The minimum atomic E-state index is 0.228. The highest BCUT2D eigenvalue weighted by Gasteiger charge is 2.12. The molecule has 3 heteroatoms. The summed E-state index contributed by atoms with van der Waals surface area (Å²) in [6.07, 6.45) is 5.28. The highest BCUT2D eigenvalue weighted by molar-refractivity contribution is 5.13. The lowest BCUT2D eigenvalue weighted by Crippen LogP contribution is -2.22. The van der Waals surface area contributed by atoms with Gasteiger partial charge in [-0.15, -0.1) is 0 Å². The zero-order chi connectivity index (χ0) is 11.4. The first kappa shape index (κ1) is 10.9. The van der Waals surface area contributed by atoms with Gasteiger partial charge in [0.2, 0.25) is 0 Å². The third kappa shape index (κ3) is 2.49. The quantitative estimate of drug-likeness (QED) is 0.853. The number of hydrogen-bond donors (Lipinski definition) is 1. The van der Waals surface area contributed by atoms with E-state index in [-0.39, 0.29) is 12.1 Å². The van der Waals surface area contributed by atoms with Gasteiger partial charge in [-0.25, -0.2) is 0 Å². The van der Waals surface area contributed by atoms with Gasteiger partial charge in [0.05, 0.1) is 18.2 Å². The molecule has 16 heavy (non-hydrogen) atoms. The van der Waals surface area contributed by atoms with Gasteiger partial charge in [0, 0.05) is 23.8 Å². The van der Waals surface area contributed by atoms with E-state index in [0.717, 1.165) is 11.3 Å². The van der Waals surface area contributed by atoms with Gasteiger partial charge >= 0.3 is 0 Å². The van der Waals surface area contributed by atoms with Crippen LogP contribution in [0.25, 0.3) is 0 Å². The highest BCUT2D eigenvalue weighted by Crippen LogP contribution is 2.17. The molecule has 1 unspecified atom stereocenters. The van der Waals surface area contributed by atoms with E-state index in [9.17, 15) is 0 Å². The smallest absolute Gasteiger partial charge is 0.0950 e. The summed E-state index contributed by atoms with van der Waals surface area (Å²) in [7, 11) is 0. The molecule has 0 amide bonds. The number of pyridine rings is 1. The molecule has 3 nitrogen and oxygen atoms in total. The van der Waals surface area contributed by atoms with Crippen molar-refractivity contribution in [2.24, 2.45) is 0 Å². The minimum Gasteiger partial charge on any atom is -0.472 e. The van der Waals surface area contributed by atoms with E-state index in [1.807, 2.05) is 30.5 Å².